The van der Waals surface area contributed by atoms with Crippen molar-refractivity contribution in [2.24, 2.45) is 11.7 Å². The lowest BCUT2D eigenvalue weighted by molar-refractivity contribution is -0.137. The van der Waals surface area contributed by atoms with Gasteiger partial charge in [-0.15, -0.1) is 0 Å². The Morgan fingerprint density at radius 3 is 2.68 bits per heavy atom. The average Bonchev–Trinajstić information content (AvgIpc) is 3.00. The molecule has 3 rings (SSSR count). The fourth-order valence-electron chi connectivity index (χ4n) is 3.20. The molecule has 2 aromatic rings. The molecule has 2 amide bonds. The first-order chi connectivity index (χ1) is 13.4. The first-order valence-electron chi connectivity index (χ1n) is 8.93. The van der Waals surface area contributed by atoms with E-state index in [9.17, 15) is 14.4 Å². The summed E-state index contributed by atoms with van der Waals surface area (Å²) in [5.74, 6) is -1.88. The molecule has 0 aliphatic carbocycles. The van der Waals surface area contributed by atoms with Crippen molar-refractivity contribution >= 4 is 29.4 Å². The first-order valence-corrected chi connectivity index (χ1v) is 9.31. The summed E-state index contributed by atoms with van der Waals surface area (Å²) in [5, 5.41) is 4.40. The highest BCUT2D eigenvalue weighted by atomic mass is 35.5. The second kappa shape index (κ2) is 8.43. The maximum absolute atomic E-state index is 12.5. The molecule has 0 saturated carbocycles. The second-order valence-corrected chi connectivity index (χ2v) is 7.01. The van der Waals surface area contributed by atoms with Crippen molar-refractivity contribution in [3.8, 4) is 5.69 Å². The van der Waals surface area contributed by atoms with Gasteiger partial charge in [0.05, 0.1) is 17.3 Å². The van der Waals surface area contributed by atoms with E-state index in [4.69, 9.17) is 22.1 Å². The third kappa shape index (κ3) is 4.17. The van der Waals surface area contributed by atoms with Crippen LogP contribution in [-0.2, 0) is 14.3 Å². The number of para-hydroxylation sites is 1. The van der Waals surface area contributed by atoms with Crippen LogP contribution < -0.4 is 5.73 Å². The van der Waals surface area contributed by atoms with Crippen LogP contribution in [-0.4, -0.2) is 52.2 Å². The zero-order chi connectivity index (χ0) is 20.3. The third-order valence-corrected chi connectivity index (χ3v) is 5.06. The van der Waals surface area contributed by atoms with Gasteiger partial charge in [-0.25, -0.2) is 9.48 Å². The molecule has 1 aromatic heterocycles. The molecule has 9 heteroatoms. The number of carbonyl (C=O) groups is 3. The van der Waals surface area contributed by atoms with E-state index >= 15 is 0 Å². The predicted octanol–water partition coefficient (Wildman–Crippen LogP) is 1.71. The maximum atomic E-state index is 12.5. The molecule has 148 valence electrons. The smallest absolute Gasteiger partial charge is 0.343 e. The number of ether oxygens (including phenoxy) is 1. The van der Waals surface area contributed by atoms with Crippen LogP contribution >= 0.6 is 11.6 Å². The number of nitrogens with two attached hydrogens (primary N) is 1. The van der Waals surface area contributed by atoms with Crippen molar-refractivity contribution in [3.63, 3.8) is 0 Å². The van der Waals surface area contributed by atoms with E-state index in [0.29, 0.717) is 30.8 Å². The van der Waals surface area contributed by atoms with Crippen LogP contribution in [0, 0.1) is 12.8 Å². The number of primary amides is 1. The Morgan fingerprint density at radius 1 is 1.29 bits per heavy atom. The van der Waals surface area contributed by atoms with Crippen molar-refractivity contribution in [3.05, 3.63) is 46.7 Å². The molecule has 2 N–H and O–H groups in total. The van der Waals surface area contributed by atoms with E-state index in [1.807, 2.05) is 30.3 Å². The lowest BCUT2D eigenvalue weighted by Crippen LogP contribution is -2.45. The van der Waals surface area contributed by atoms with Gasteiger partial charge in [0, 0.05) is 13.1 Å². The van der Waals surface area contributed by atoms with Gasteiger partial charge in [-0.05, 0) is 31.9 Å². The first kappa shape index (κ1) is 19.9. The van der Waals surface area contributed by atoms with Gasteiger partial charge in [0.2, 0.25) is 5.91 Å². The van der Waals surface area contributed by atoms with Crippen molar-refractivity contribution in [1.29, 1.82) is 0 Å². The molecule has 1 aliphatic rings. The van der Waals surface area contributed by atoms with Crippen LogP contribution in [0.5, 0.6) is 0 Å². The highest BCUT2D eigenvalue weighted by Crippen LogP contribution is 2.24. The Labute approximate surface area is 167 Å². The summed E-state index contributed by atoms with van der Waals surface area (Å²) in [5.41, 5.74) is 6.55. The number of piperidine rings is 1. The van der Waals surface area contributed by atoms with E-state index in [0.717, 1.165) is 0 Å². The number of benzene rings is 1. The number of halogens is 1. The van der Waals surface area contributed by atoms with Gasteiger partial charge in [0.1, 0.15) is 10.7 Å². The second-order valence-electron chi connectivity index (χ2n) is 6.66. The van der Waals surface area contributed by atoms with E-state index in [2.05, 4.69) is 5.10 Å². The molecular formula is C19H21ClN4O4. The molecular weight excluding hydrogens is 384 g/mol. The summed E-state index contributed by atoms with van der Waals surface area (Å²) in [4.78, 5) is 37.7. The zero-order valence-electron chi connectivity index (χ0n) is 15.4. The standard InChI is InChI=1S/C19H21ClN4O4/c1-12-16(17(20)24(22-12)14-7-3-2-4-8-14)19(27)28-11-15(25)23-9-5-6-13(10-23)18(21)26/h2-4,7-8,13H,5-6,9-11H2,1H3,(H2,21,26)/t13-/m1/s1. The topological polar surface area (TPSA) is 108 Å². The normalized spacial score (nSPS) is 16.6. The predicted molar refractivity (Wildman–Crippen MR) is 102 cm³/mol. The number of likely N-dealkylation sites (tertiary alicyclic amines) is 1. The van der Waals surface area contributed by atoms with E-state index in [1.165, 1.54) is 9.58 Å². The van der Waals surface area contributed by atoms with Gasteiger partial charge in [-0.1, -0.05) is 29.8 Å². The van der Waals surface area contributed by atoms with Crippen LogP contribution in [0.3, 0.4) is 0 Å². The van der Waals surface area contributed by atoms with Gasteiger partial charge < -0.3 is 15.4 Å². The van der Waals surface area contributed by atoms with E-state index in [-0.39, 0.29) is 29.1 Å². The molecule has 1 aromatic carbocycles. The molecule has 8 nitrogen and oxygen atoms in total. The molecule has 1 fully saturated rings. The summed E-state index contributed by atoms with van der Waals surface area (Å²) in [7, 11) is 0. The van der Waals surface area contributed by atoms with Gasteiger partial charge >= 0.3 is 5.97 Å². The largest absolute Gasteiger partial charge is 0.452 e. The van der Waals surface area contributed by atoms with Crippen LogP contribution in [0.15, 0.2) is 30.3 Å². The van der Waals surface area contributed by atoms with E-state index in [1.54, 1.807) is 6.92 Å². The van der Waals surface area contributed by atoms with Gasteiger partial charge in [-0.2, -0.15) is 5.10 Å². The summed E-state index contributed by atoms with van der Waals surface area (Å²) in [6, 6.07) is 9.14. The molecule has 2 heterocycles. The Kier molecular flexibility index (Phi) is 5.99. The van der Waals surface area contributed by atoms with Crippen molar-refractivity contribution in [2.45, 2.75) is 19.8 Å². The fourth-order valence-corrected chi connectivity index (χ4v) is 3.55. The Balaban J connectivity index is 1.66. The number of hydrogen-bond donors (Lipinski definition) is 1. The summed E-state index contributed by atoms with van der Waals surface area (Å²) >= 11 is 6.33. The Hall–Kier alpha value is -2.87. The van der Waals surface area contributed by atoms with Gasteiger partial charge in [-0.3, -0.25) is 9.59 Å². The minimum Gasteiger partial charge on any atom is -0.452 e. The average molecular weight is 405 g/mol. The fraction of sp³-hybridized carbons (Fsp3) is 0.368. The lowest BCUT2D eigenvalue weighted by atomic mass is 9.97. The molecule has 0 spiro atoms. The summed E-state index contributed by atoms with van der Waals surface area (Å²) in [6.45, 7) is 1.96. The number of esters is 1. The highest BCUT2D eigenvalue weighted by Gasteiger charge is 2.28. The number of rotatable bonds is 5. The molecule has 28 heavy (non-hydrogen) atoms. The minimum absolute atomic E-state index is 0.118. The SMILES string of the molecule is Cc1nn(-c2ccccc2)c(Cl)c1C(=O)OCC(=O)N1CCC[C@@H](C(N)=O)C1. The van der Waals surface area contributed by atoms with Crippen LogP contribution in [0.2, 0.25) is 5.15 Å². The van der Waals surface area contributed by atoms with Crippen LogP contribution in [0.25, 0.3) is 5.69 Å². The molecule has 0 bridgehead atoms. The van der Waals surface area contributed by atoms with Crippen molar-refractivity contribution in [2.75, 3.05) is 19.7 Å². The van der Waals surface area contributed by atoms with E-state index < -0.39 is 18.5 Å². The third-order valence-electron chi connectivity index (χ3n) is 4.71. The van der Waals surface area contributed by atoms with Crippen LogP contribution in [0.4, 0.5) is 0 Å². The Morgan fingerprint density at radius 2 is 2.00 bits per heavy atom. The summed E-state index contributed by atoms with van der Waals surface area (Å²) in [6.07, 6.45) is 1.34. The number of amides is 2. The molecule has 1 saturated heterocycles. The molecule has 1 atom stereocenters. The molecule has 0 radical (unpaired) electrons. The molecule has 0 unspecified atom stereocenters. The molecule has 1 aliphatic heterocycles. The van der Waals surface area contributed by atoms with Crippen molar-refractivity contribution in [1.82, 2.24) is 14.7 Å². The maximum Gasteiger partial charge on any atom is 0.343 e. The number of nitrogens with zero attached hydrogens (tertiary/aromatic N) is 3. The summed E-state index contributed by atoms with van der Waals surface area (Å²) < 4.78 is 6.61. The lowest BCUT2D eigenvalue weighted by Gasteiger charge is -2.31. The Bertz CT molecular complexity index is 897. The number of aryl methyl sites for hydroxylation is 1. The van der Waals surface area contributed by atoms with Crippen molar-refractivity contribution < 1.29 is 19.1 Å². The number of carbonyl (C=O) groups excluding carboxylic acids is 3. The van der Waals surface area contributed by atoms with Gasteiger partial charge in [0.15, 0.2) is 6.61 Å². The number of hydrogen-bond acceptors (Lipinski definition) is 5. The monoisotopic (exact) mass is 404 g/mol. The zero-order valence-corrected chi connectivity index (χ0v) is 16.2. The number of aromatic nitrogens is 2. The highest BCUT2D eigenvalue weighted by molar-refractivity contribution is 6.33. The van der Waals surface area contributed by atoms with Crippen LogP contribution in [0.1, 0.15) is 28.9 Å². The minimum atomic E-state index is -0.721. The quantitative estimate of drug-likeness (QED) is 0.763. The van der Waals surface area contributed by atoms with Gasteiger partial charge in [0.25, 0.3) is 5.91 Å².